The van der Waals surface area contributed by atoms with E-state index < -0.39 is 5.54 Å². The van der Waals surface area contributed by atoms with E-state index in [1.807, 2.05) is 30.7 Å². The average molecular weight is 357 g/mol. The minimum atomic E-state index is -0.583. The van der Waals surface area contributed by atoms with Crippen LogP contribution in [0.2, 0.25) is 0 Å². The number of aryl methyl sites for hydroxylation is 4. The Balaban J connectivity index is 1.91. The molecule has 0 bridgehead atoms. The van der Waals surface area contributed by atoms with E-state index in [4.69, 9.17) is 5.73 Å². The third-order valence-electron chi connectivity index (χ3n) is 5.17. The molecule has 1 atom stereocenters. The van der Waals surface area contributed by atoms with Crippen molar-refractivity contribution in [2.24, 2.45) is 12.8 Å². The number of hydrogen-bond donors (Lipinski definition) is 2. The molecule has 0 aliphatic heterocycles. The van der Waals surface area contributed by atoms with Gasteiger partial charge >= 0.3 is 0 Å². The number of carbonyl (C=O) groups excluding carboxylic acids is 1. The number of benzene rings is 1. The highest BCUT2D eigenvalue weighted by atomic mass is 16.3. The number of rotatable bonds is 9. The van der Waals surface area contributed by atoms with Gasteiger partial charge in [-0.1, -0.05) is 23.8 Å². The standard InChI is InChI=1S/C22H32N2O2/c1-16-8-9-18(17(2)14-16)6-5-7-21(26)20-11-10-19(24(20)4)12-13-22(3,23)15-25/h8-11,14,25H,5-7,12-13,15,23H2,1-4H3/t22-/m1/s1. The molecule has 3 N–H and O–H groups in total. The molecule has 1 aromatic heterocycles. The Morgan fingerprint density at radius 3 is 2.58 bits per heavy atom. The van der Waals surface area contributed by atoms with E-state index in [9.17, 15) is 9.90 Å². The first-order chi connectivity index (χ1) is 12.2. The van der Waals surface area contributed by atoms with Crippen molar-refractivity contribution in [1.29, 1.82) is 0 Å². The lowest BCUT2D eigenvalue weighted by Crippen LogP contribution is -2.40. The van der Waals surface area contributed by atoms with Crippen molar-refractivity contribution in [3.8, 4) is 0 Å². The van der Waals surface area contributed by atoms with Gasteiger partial charge in [-0.25, -0.2) is 0 Å². The number of hydrogen-bond acceptors (Lipinski definition) is 3. The second kappa shape index (κ2) is 8.65. The summed E-state index contributed by atoms with van der Waals surface area (Å²) in [6.07, 6.45) is 3.77. The first-order valence-electron chi connectivity index (χ1n) is 9.37. The van der Waals surface area contributed by atoms with Gasteiger partial charge in [-0.2, -0.15) is 0 Å². The maximum atomic E-state index is 12.6. The van der Waals surface area contributed by atoms with Crippen molar-refractivity contribution in [1.82, 2.24) is 4.57 Å². The van der Waals surface area contributed by atoms with Gasteiger partial charge in [0.15, 0.2) is 5.78 Å². The van der Waals surface area contributed by atoms with E-state index in [0.717, 1.165) is 30.7 Å². The summed E-state index contributed by atoms with van der Waals surface area (Å²) in [6, 6.07) is 10.4. The molecule has 4 nitrogen and oxygen atoms in total. The SMILES string of the molecule is Cc1ccc(CCCC(=O)c2ccc(CC[C@@](C)(N)CO)n2C)c(C)c1. The fourth-order valence-electron chi connectivity index (χ4n) is 3.27. The molecule has 0 unspecified atom stereocenters. The van der Waals surface area contributed by atoms with E-state index >= 15 is 0 Å². The summed E-state index contributed by atoms with van der Waals surface area (Å²) in [5.74, 6) is 0.182. The van der Waals surface area contributed by atoms with Crippen LogP contribution < -0.4 is 5.73 Å². The Bertz CT molecular complexity index is 759. The van der Waals surface area contributed by atoms with E-state index in [1.54, 1.807) is 0 Å². The van der Waals surface area contributed by atoms with E-state index in [-0.39, 0.29) is 12.4 Å². The largest absolute Gasteiger partial charge is 0.394 e. The number of ketones is 1. The molecule has 26 heavy (non-hydrogen) atoms. The summed E-state index contributed by atoms with van der Waals surface area (Å²) < 4.78 is 1.97. The first kappa shape index (κ1) is 20.4. The van der Waals surface area contributed by atoms with Gasteiger partial charge in [-0.05, 0) is 69.7 Å². The topological polar surface area (TPSA) is 68.2 Å². The van der Waals surface area contributed by atoms with Gasteiger partial charge in [0.1, 0.15) is 0 Å². The maximum Gasteiger partial charge on any atom is 0.179 e. The summed E-state index contributed by atoms with van der Waals surface area (Å²) in [4.78, 5) is 12.6. The molecule has 0 fully saturated rings. The predicted octanol–water partition coefficient (Wildman–Crippen LogP) is 3.49. The van der Waals surface area contributed by atoms with Crippen molar-refractivity contribution in [2.45, 2.75) is 58.4 Å². The van der Waals surface area contributed by atoms with E-state index in [0.29, 0.717) is 12.8 Å². The van der Waals surface area contributed by atoms with Gasteiger partial charge in [-0.15, -0.1) is 0 Å². The summed E-state index contributed by atoms with van der Waals surface area (Å²) >= 11 is 0. The number of nitrogens with zero attached hydrogens (tertiary/aromatic N) is 1. The van der Waals surface area contributed by atoms with Crippen LogP contribution in [-0.2, 0) is 19.9 Å². The lowest BCUT2D eigenvalue weighted by Gasteiger charge is -2.21. The third kappa shape index (κ3) is 5.29. The zero-order valence-corrected chi connectivity index (χ0v) is 16.5. The zero-order valence-electron chi connectivity index (χ0n) is 16.5. The predicted molar refractivity (Wildman–Crippen MR) is 107 cm³/mol. The van der Waals surface area contributed by atoms with Crippen molar-refractivity contribution in [3.05, 3.63) is 58.4 Å². The maximum absolute atomic E-state index is 12.6. The highest BCUT2D eigenvalue weighted by Gasteiger charge is 2.19. The number of aliphatic hydroxyl groups excluding tert-OH is 1. The fraction of sp³-hybridized carbons (Fsp3) is 0.500. The van der Waals surface area contributed by atoms with E-state index in [1.165, 1.54) is 16.7 Å². The smallest absolute Gasteiger partial charge is 0.179 e. The molecular formula is C22H32N2O2. The van der Waals surface area contributed by atoms with Gasteiger partial charge in [0.25, 0.3) is 0 Å². The van der Waals surface area contributed by atoms with Crippen molar-refractivity contribution in [2.75, 3.05) is 6.61 Å². The lowest BCUT2D eigenvalue weighted by atomic mass is 9.97. The van der Waals surface area contributed by atoms with Crippen LogP contribution in [0.3, 0.4) is 0 Å². The highest BCUT2D eigenvalue weighted by molar-refractivity contribution is 5.94. The van der Waals surface area contributed by atoms with Crippen LogP contribution in [0.1, 0.15) is 59.1 Å². The number of carbonyl (C=O) groups is 1. The summed E-state index contributed by atoms with van der Waals surface area (Å²) in [6.45, 7) is 6.03. The Kier molecular flexibility index (Phi) is 6.79. The molecular weight excluding hydrogens is 324 g/mol. The Hall–Kier alpha value is -1.91. The van der Waals surface area contributed by atoms with Crippen molar-refractivity contribution in [3.63, 3.8) is 0 Å². The molecule has 1 aromatic carbocycles. The fourth-order valence-corrected chi connectivity index (χ4v) is 3.27. The Morgan fingerprint density at radius 2 is 1.92 bits per heavy atom. The minimum absolute atomic E-state index is 0.0400. The van der Waals surface area contributed by atoms with E-state index in [2.05, 4.69) is 32.0 Å². The van der Waals surface area contributed by atoms with Gasteiger partial charge in [0.2, 0.25) is 0 Å². The van der Waals surface area contributed by atoms with Crippen LogP contribution in [-0.4, -0.2) is 27.6 Å². The molecule has 0 aliphatic rings. The second-order valence-electron chi connectivity index (χ2n) is 7.79. The van der Waals surface area contributed by atoms with Gasteiger partial charge in [0, 0.05) is 24.7 Å². The van der Waals surface area contributed by atoms with Gasteiger partial charge in [0.05, 0.1) is 12.3 Å². The molecule has 2 rings (SSSR count). The van der Waals surface area contributed by atoms with Crippen LogP contribution >= 0.6 is 0 Å². The second-order valence-corrected chi connectivity index (χ2v) is 7.79. The lowest BCUT2D eigenvalue weighted by molar-refractivity contribution is 0.0972. The van der Waals surface area contributed by atoms with Crippen molar-refractivity contribution >= 4 is 5.78 Å². The quantitative estimate of drug-likeness (QED) is 0.676. The summed E-state index contributed by atoms with van der Waals surface area (Å²) in [5.41, 5.74) is 11.1. The molecule has 4 heteroatoms. The van der Waals surface area contributed by atoms with Gasteiger partial charge < -0.3 is 15.4 Å². The summed E-state index contributed by atoms with van der Waals surface area (Å²) in [5, 5.41) is 9.27. The normalized spacial score (nSPS) is 13.6. The summed E-state index contributed by atoms with van der Waals surface area (Å²) in [7, 11) is 1.93. The molecule has 142 valence electrons. The molecule has 0 saturated carbocycles. The molecule has 0 aliphatic carbocycles. The average Bonchev–Trinajstić information content (AvgIpc) is 2.96. The molecule has 0 amide bonds. The van der Waals surface area contributed by atoms with Crippen LogP contribution in [0.5, 0.6) is 0 Å². The van der Waals surface area contributed by atoms with Crippen LogP contribution in [0.25, 0.3) is 0 Å². The number of nitrogens with two attached hydrogens (primary N) is 1. The number of aliphatic hydroxyl groups is 1. The number of aromatic nitrogens is 1. The number of Topliss-reactive ketones (excluding diaryl/α,β-unsaturated/α-hetero) is 1. The highest BCUT2D eigenvalue weighted by Crippen LogP contribution is 2.17. The molecule has 0 radical (unpaired) electrons. The molecule has 0 saturated heterocycles. The Labute approximate surface area is 157 Å². The zero-order chi connectivity index (χ0) is 19.3. The molecule has 1 heterocycles. The molecule has 0 spiro atoms. The first-order valence-corrected chi connectivity index (χ1v) is 9.37. The van der Waals surface area contributed by atoms with Crippen LogP contribution in [0.4, 0.5) is 0 Å². The molecule has 2 aromatic rings. The monoisotopic (exact) mass is 356 g/mol. The third-order valence-corrected chi connectivity index (χ3v) is 5.17. The van der Waals surface area contributed by atoms with Crippen LogP contribution in [0.15, 0.2) is 30.3 Å². The van der Waals surface area contributed by atoms with Crippen molar-refractivity contribution < 1.29 is 9.90 Å². The Morgan fingerprint density at radius 1 is 1.19 bits per heavy atom. The van der Waals surface area contributed by atoms with Crippen LogP contribution in [0, 0.1) is 13.8 Å². The van der Waals surface area contributed by atoms with Gasteiger partial charge in [-0.3, -0.25) is 4.79 Å². The minimum Gasteiger partial charge on any atom is -0.394 e.